The minimum absolute atomic E-state index is 0.150. The minimum atomic E-state index is -3.93. The molecule has 4 saturated heterocycles. The van der Waals surface area contributed by atoms with Gasteiger partial charge in [-0.15, -0.1) is 0 Å². The lowest BCUT2D eigenvalue weighted by Gasteiger charge is -2.44. The van der Waals surface area contributed by atoms with Gasteiger partial charge in [0.15, 0.2) is 9.49 Å². The number of hydrogen-bond donors (Lipinski definition) is 5. The number of rotatable bonds is 10. The molecule has 5 N–H and O–H groups in total. The molecule has 0 radical (unpaired) electrons. The molecule has 63 heavy (non-hydrogen) atoms. The SMILES string of the molecule is CCc1c(C)c(C)c(N2CCN(S(=O)(=O)C3(C(=O)NO)CCN(C)CC3)CC2)c(C)c1C.CCc1c(C)c(C)c(N2CCN(S(=O)(=O)C3(C(=O)NO)CCNCC3)CC2)c(C)c1C. The van der Waals surface area contributed by atoms with Crippen molar-refractivity contribution in [1.82, 2.24) is 29.8 Å². The predicted octanol–water partition coefficient (Wildman–Crippen LogP) is 3.47. The molecule has 2 aromatic carbocycles. The van der Waals surface area contributed by atoms with Crippen LogP contribution in [0.2, 0.25) is 0 Å². The molecule has 4 heterocycles. The number of nitrogens with zero attached hydrogens (tertiary/aromatic N) is 5. The Hall–Kier alpha value is -3.36. The van der Waals surface area contributed by atoms with Gasteiger partial charge in [-0.3, -0.25) is 20.0 Å². The lowest BCUT2D eigenvalue weighted by atomic mass is 9.90. The average molecular weight is 919 g/mol. The van der Waals surface area contributed by atoms with E-state index in [-0.39, 0.29) is 25.7 Å². The molecule has 354 valence electrons. The number of benzene rings is 2. The first-order chi connectivity index (χ1) is 29.6. The van der Waals surface area contributed by atoms with Gasteiger partial charge in [0.1, 0.15) is 0 Å². The molecule has 0 saturated carbocycles. The maximum atomic E-state index is 13.7. The van der Waals surface area contributed by atoms with Crippen LogP contribution in [0.1, 0.15) is 95.2 Å². The zero-order valence-corrected chi connectivity index (χ0v) is 41.3. The number of hydrogen-bond acceptors (Lipinski definition) is 12. The van der Waals surface area contributed by atoms with E-state index < -0.39 is 41.4 Å². The van der Waals surface area contributed by atoms with Crippen LogP contribution < -0.4 is 26.1 Å². The summed E-state index contributed by atoms with van der Waals surface area (Å²) in [5.41, 5.74) is 18.7. The number of hydroxylamine groups is 2. The van der Waals surface area contributed by atoms with Gasteiger partial charge in [-0.05, 0) is 183 Å². The van der Waals surface area contributed by atoms with E-state index in [0.717, 1.165) is 12.8 Å². The van der Waals surface area contributed by atoms with Crippen molar-refractivity contribution in [2.75, 3.05) is 95.4 Å². The van der Waals surface area contributed by atoms with E-state index in [4.69, 9.17) is 0 Å². The van der Waals surface area contributed by atoms with Crippen LogP contribution >= 0.6 is 0 Å². The highest BCUT2D eigenvalue weighted by molar-refractivity contribution is 7.91. The Morgan fingerprint density at radius 3 is 1.11 bits per heavy atom. The summed E-state index contributed by atoms with van der Waals surface area (Å²) < 4.78 is 54.1. The molecule has 2 aromatic rings. The third-order valence-electron chi connectivity index (χ3n) is 15.2. The number of piperazine rings is 2. The fourth-order valence-electron chi connectivity index (χ4n) is 10.8. The Morgan fingerprint density at radius 1 is 0.524 bits per heavy atom. The summed E-state index contributed by atoms with van der Waals surface area (Å²) in [6.07, 6.45) is 2.64. The first-order valence-corrected chi connectivity index (χ1v) is 25.5. The van der Waals surface area contributed by atoms with Crippen molar-refractivity contribution in [2.45, 2.75) is 117 Å². The second-order valence-corrected chi connectivity index (χ2v) is 22.6. The quantitative estimate of drug-likeness (QED) is 0.173. The Labute approximate surface area is 376 Å². The third-order valence-corrected chi connectivity index (χ3v) is 20.5. The number of likely N-dealkylation sites (tertiary alicyclic amines) is 1. The van der Waals surface area contributed by atoms with Crippen LogP contribution in [0.3, 0.4) is 0 Å². The number of anilines is 2. The van der Waals surface area contributed by atoms with E-state index in [0.29, 0.717) is 78.5 Å². The van der Waals surface area contributed by atoms with E-state index >= 15 is 0 Å². The monoisotopic (exact) mass is 919 g/mol. The summed E-state index contributed by atoms with van der Waals surface area (Å²) in [7, 11) is -5.94. The zero-order chi connectivity index (χ0) is 46.8. The van der Waals surface area contributed by atoms with E-state index in [1.807, 2.05) is 11.9 Å². The number of amides is 2. The molecule has 0 aromatic heterocycles. The van der Waals surface area contributed by atoms with Crippen molar-refractivity contribution in [3.05, 3.63) is 55.6 Å². The number of sulfonamides is 2. The molecule has 4 aliphatic heterocycles. The molecule has 18 heteroatoms. The van der Waals surface area contributed by atoms with E-state index in [1.54, 1.807) is 11.0 Å². The highest BCUT2D eigenvalue weighted by Gasteiger charge is 2.56. The maximum Gasteiger partial charge on any atom is 0.266 e. The second-order valence-electron chi connectivity index (χ2n) is 18.1. The van der Waals surface area contributed by atoms with Crippen LogP contribution in [-0.2, 0) is 42.5 Å². The topological polar surface area (TPSA) is 195 Å². The van der Waals surface area contributed by atoms with Gasteiger partial charge in [0.25, 0.3) is 11.8 Å². The van der Waals surface area contributed by atoms with Crippen molar-refractivity contribution >= 4 is 43.2 Å². The Kier molecular flexibility index (Phi) is 16.1. The van der Waals surface area contributed by atoms with Gasteiger partial charge in [-0.2, -0.15) is 8.61 Å². The Morgan fingerprint density at radius 2 is 0.825 bits per heavy atom. The van der Waals surface area contributed by atoms with E-state index in [2.05, 4.69) is 84.4 Å². The molecule has 0 aliphatic carbocycles. The molecule has 0 unspecified atom stereocenters. The van der Waals surface area contributed by atoms with Crippen molar-refractivity contribution in [3.8, 4) is 0 Å². The van der Waals surface area contributed by atoms with Crippen molar-refractivity contribution in [3.63, 3.8) is 0 Å². The van der Waals surface area contributed by atoms with Gasteiger partial charge in [-0.1, -0.05) is 13.8 Å². The largest absolute Gasteiger partial charge is 0.368 e. The van der Waals surface area contributed by atoms with E-state index in [1.165, 1.54) is 75.6 Å². The number of carbonyl (C=O) groups is 2. The molecule has 4 aliphatic rings. The molecule has 2 amide bonds. The highest BCUT2D eigenvalue weighted by Crippen LogP contribution is 2.39. The lowest BCUT2D eigenvalue weighted by Crippen LogP contribution is -2.63. The molecular weight excluding hydrogens is 845 g/mol. The molecule has 0 bridgehead atoms. The molecule has 0 spiro atoms. The normalized spacial score (nSPS) is 20.2. The van der Waals surface area contributed by atoms with Gasteiger partial charge < -0.3 is 20.0 Å². The molecular formula is C45H74N8O8S2. The van der Waals surface area contributed by atoms with Gasteiger partial charge in [0.05, 0.1) is 0 Å². The zero-order valence-electron chi connectivity index (χ0n) is 39.6. The number of carbonyl (C=O) groups excluding carboxylic acids is 2. The smallest absolute Gasteiger partial charge is 0.266 e. The van der Waals surface area contributed by atoms with Crippen LogP contribution in [0.15, 0.2) is 0 Å². The second kappa shape index (κ2) is 20.0. The predicted molar refractivity (Wildman–Crippen MR) is 249 cm³/mol. The summed E-state index contributed by atoms with van der Waals surface area (Å²) in [5, 5.41) is 21.7. The molecule has 6 rings (SSSR count). The van der Waals surface area contributed by atoms with Crippen LogP contribution in [0, 0.1) is 55.4 Å². The van der Waals surface area contributed by atoms with Crippen molar-refractivity contribution < 1.29 is 36.8 Å². The first kappa shape index (κ1) is 50.6. The van der Waals surface area contributed by atoms with Crippen LogP contribution in [0.4, 0.5) is 11.4 Å². The number of piperidine rings is 2. The summed E-state index contributed by atoms with van der Waals surface area (Å²) in [6.45, 7) is 27.0. The van der Waals surface area contributed by atoms with Gasteiger partial charge in [-0.25, -0.2) is 27.8 Å². The summed E-state index contributed by atoms with van der Waals surface area (Å²) in [5.74, 6) is -1.65. The molecule has 0 atom stereocenters. The third kappa shape index (κ3) is 8.99. The highest BCUT2D eigenvalue weighted by atomic mass is 32.2. The number of nitrogens with one attached hydrogen (secondary N) is 3. The Bertz CT molecular complexity index is 2180. The fourth-order valence-corrected chi connectivity index (χ4v) is 15.0. The Balaban J connectivity index is 0.000000238. The molecule has 4 fully saturated rings. The molecule has 16 nitrogen and oxygen atoms in total. The van der Waals surface area contributed by atoms with Crippen molar-refractivity contribution in [2.24, 2.45) is 0 Å². The van der Waals surface area contributed by atoms with Crippen LogP contribution in [0.5, 0.6) is 0 Å². The summed E-state index contributed by atoms with van der Waals surface area (Å²) >= 11 is 0. The van der Waals surface area contributed by atoms with Crippen molar-refractivity contribution in [1.29, 1.82) is 0 Å². The fraction of sp³-hybridized carbons (Fsp3) is 0.689. The van der Waals surface area contributed by atoms with Gasteiger partial charge >= 0.3 is 0 Å². The van der Waals surface area contributed by atoms with Crippen LogP contribution in [-0.4, -0.2) is 148 Å². The van der Waals surface area contributed by atoms with E-state index in [9.17, 15) is 36.8 Å². The average Bonchev–Trinajstić information content (AvgIpc) is 3.28. The van der Waals surface area contributed by atoms with Gasteiger partial charge in [0, 0.05) is 63.7 Å². The maximum absolute atomic E-state index is 13.7. The lowest BCUT2D eigenvalue weighted by molar-refractivity contribution is -0.133. The van der Waals surface area contributed by atoms with Crippen LogP contribution in [0.25, 0.3) is 0 Å². The van der Waals surface area contributed by atoms with Gasteiger partial charge in [0.2, 0.25) is 20.0 Å². The standard InChI is InChI=1S/C23H38N4O4S.C22H36N4O4S/c1-7-20-16(2)18(4)21(19(5)17(20)3)26-12-14-27(15-13-26)32(30,31)23(22(28)24-29)8-10-25(6)11-9-23;1-6-19-15(2)17(4)20(18(5)16(19)3)25-11-13-26(14-12-25)31(29,30)22(21(27)24-28)7-9-23-10-8-22/h29H,7-15H2,1-6H3,(H,24,28);23,28H,6-14H2,1-5H3,(H,24,27). The summed E-state index contributed by atoms with van der Waals surface area (Å²) in [4.78, 5) is 31.6. The minimum Gasteiger partial charge on any atom is -0.368 e. The summed E-state index contributed by atoms with van der Waals surface area (Å²) in [6, 6.07) is 0. The first-order valence-electron chi connectivity index (χ1n) is 22.6.